The minimum Gasteiger partial charge on any atom is -0.494 e. The minimum atomic E-state index is -0.679. The third kappa shape index (κ3) is 6.20. The number of thioether (sulfide) groups is 1. The van der Waals surface area contributed by atoms with Gasteiger partial charge in [-0.15, -0.1) is 21.5 Å². The van der Waals surface area contributed by atoms with Gasteiger partial charge in [-0.25, -0.2) is 4.79 Å². The maximum atomic E-state index is 12.7. The second kappa shape index (κ2) is 11.4. The number of carbonyl (C=O) groups excluding carboxylic acids is 3. The van der Waals surface area contributed by atoms with Crippen molar-refractivity contribution >= 4 is 45.9 Å². The lowest BCUT2D eigenvalue weighted by Crippen LogP contribution is -2.18. The SMILES string of the molecule is CCOc1ccc(-c2nnc(SCC(=O)Nc3sc(C(N)=O)c(C)c3C(=O)OC(C)C)n2C)cc1. The Hall–Kier alpha value is -3.38. The topological polar surface area (TPSA) is 138 Å². The molecule has 0 spiro atoms. The van der Waals surface area contributed by atoms with E-state index in [0.29, 0.717) is 23.2 Å². The molecule has 0 saturated carbocycles. The van der Waals surface area contributed by atoms with Crippen molar-refractivity contribution in [1.29, 1.82) is 0 Å². The predicted octanol–water partition coefficient (Wildman–Crippen LogP) is 3.65. The first-order valence-electron chi connectivity index (χ1n) is 10.8. The summed E-state index contributed by atoms with van der Waals surface area (Å²) in [6.45, 7) is 7.53. The zero-order valence-corrected chi connectivity index (χ0v) is 21.7. The molecule has 2 amide bonds. The van der Waals surface area contributed by atoms with E-state index in [2.05, 4.69) is 15.5 Å². The molecule has 0 atom stereocenters. The molecule has 0 saturated heterocycles. The third-order valence-electron chi connectivity index (χ3n) is 4.76. The number of nitrogens with one attached hydrogen (secondary N) is 1. The summed E-state index contributed by atoms with van der Waals surface area (Å²) in [5, 5.41) is 11.9. The Balaban J connectivity index is 1.72. The lowest BCUT2D eigenvalue weighted by atomic mass is 10.1. The average Bonchev–Trinajstić information content (AvgIpc) is 3.32. The van der Waals surface area contributed by atoms with E-state index in [1.54, 1.807) is 25.3 Å². The smallest absolute Gasteiger partial charge is 0.341 e. The van der Waals surface area contributed by atoms with Gasteiger partial charge in [0.05, 0.1) is 28.9 Å². The Kier molecular flexibility index (Phi) is 8.52. The van der Waals surface area contributed by atoms with Crippen LogP contribution < -0.4 is 15.8 Å². The van der Waals surface area contributed by atoms with Crippen LogP contribution in [0.3, 0.4) is 0 Å². The van der Waals surface area contributed by atoms with E-state index in [4.69, 9.17) is 15.2 Å². The van der Waals surface area contributed by atoms with E-state index < -0.39 is 11.9 Å². The van der Waals surface area contributed by atoms with Crippen molar-refractivity contribution in [3.63, 3.8) is 0 Å². The van der Waals surface area contributed by atoms with Crippen LogP contribution in [-0.2, 0) is 16.6 Å². The number of hydrogen-bond donors (Lipinski definition) is 2. The largest absolute Gasteiger partial charge is 0.494 e. The first-order chi connectivity index (χ1) is 16.6. The van der Waals surface area contributed by atoms with Crippen LogP contribution in [0.15, 0.2) is 29.4 Å². The Labute approximate surface area is 211 Å². The number of ether oxygens (including phenoxy) is 2. The second-order valence-corrected chi connectivity index (χ2v) is 9.70. The van der Waals surface area contributed by atoms with Crippen LogP contribution in [0.5, 0.6) is 5.75 Å². The number of carbonyl (C=O) groups is 3. The third-order valence-corrected chi connectivity index (χ3v) is 7.00. The first-order valence-corrected chi connectivity index (χ1v) is 12.6. The summed E-state index contributed by atoms with van der Waals surface area (Å²) in [7, 11) is 1.81. The summed E-state index contributed by atoms with van der Waals surface area (Å²) >= 11 is 2.14. The number of nitrogens with zero attached hydrogens (tertiary/aromatic N) is 3. The van der Waals surface area contributed by atoms with Crippen LogP contribution in [-0.4, -0.2) is 51.0 Å². The van der Waals surface area contributed by atoms with E-state index in [0.717, 1.165) is 22.6 Å². The molecular formula is C23H27N5O5S2. The van der Waals surface area contributed by atoms with Crippen LogP contribution in [0, 0.1) is 6.92 Å². The van der Waals surface area contributed by atoms with E-state index >= 15 is 0 Å². The molecule has 2 heterocycles. The van der Waals surface area contributed by atoms with Crippen LogP contribution in [0.4, 0.5) is 5.00 Å². The quantitative estimate of drug-likeness (QED) is 0.307. The molecule has 0 aliphatic rings. The summed E-state index contributed by atoms with van der Waals surface area (Å²) in [5.41, 5.74) is 6.80. The fourth-order valence-corrected chi connectivity index (χ4v) is 4.98. The van der Waals surface area contributed by atoms with Crippen molar-refractivity contribution in [2.75, 3.05) is 17.7 Å². The van der Waals surface area contributed by atoms with Gasteiger partial charge in [0, 0.05) is 12.6 Å². The molecule has 1 aromatic carbocycles. The summed E-state index contributed by atoms with van der Waals surface area (Å²) in [4.78, 5) is 37.2. The van der Waals surface area contributed by atoms with E-state index in [1.807, 2.05) is 38.2 Å². The van der Waals surface area contributed by atoms with Crippen LogP contribution >= 0.6 is 23.1 Å². The maximum Gasteiger partial charge on any atom is 0.341 e. The number of rotatable bonds is 10. The van der Waals surface area contributed by atoms with Gasteiger partial charge in [-0.3, -0.25) is 9.59 Å². The monoisotopic (exact) mass is 517 g/mol. The zero-order valence-electron chi connectivity index (χ0n) is 20.1. The molecule has 0 bridgehead atoms. The lowest BCUT2D eigenvalue weighted by molar-refractivity contribution is -0.113. The van der Waals surface area contributed by atoms with Gasteiger partial charge >= 0.3 is 5.97 Å². The van der Waals surface area contributed by atoms with Gasteiger partial charge in [0.2, 0.25) is 5.91 Å². The summed E-state index contributed by atoms with van der Waals surface area (Å²) in [6, 6.07) is 7.50. The summed E-state index contributed by atoms with van der Waals surface area (Å²) < 4.78 is 12.5. The number of anilines is 1. The highest BCUT2D eigenvalue weighted by atomic mass is 32.2. The minimum absolute atomic E-state index is 0.0107. The molecule has 3 N–H and O–H groups in total. The standard InChI is InChI=1S/C23H27N5O5S2/c1-6-32-15-9-7-14(8-10-15)20-26-27-23(28(20)5)34-11-16(29)25-21-17(22(31)33-12(2)3)13(4)18(35-21)19(24)30/h7-10,12H,6,11H2,1-5H3,(H2,24,30)(H,25,29). The molecule has 3 aromatic rings. The molecule has 0 unspecified atom stereocenters. The van der Waals surface area contributed by atoms with Gasteiger partial charge in [0.25, 0.3) is 5.91 Å². The number of primary amides is 1. The van der Waals surface area contributed by atoms with Crippen molar-refractivity contribution in [3.8, 4) is 17.1 Å². The van der Waals surface area contributed by atoms with Crippen molar-refractivity contribution in [1.82, 2.24) is 14.8 Å². The highest BCUT2D eigenvalue weighted by Crippen LogP contribution is 2.34. The number of amides is 2. The van der Waals surface area contributed by atoms with Crippen LogP contribution in [0.2, 0.25) is 0 Å². The Bertz CT molecular complexity index is 1230. The molecule has 3 rings (SSSR count). The van der Waals surface area contributed by atoms with E-state index in [-0.39, 0.29) is 33.2 Å². The van der Waals surface area contributed by atoms with Gasteiger partial charge in [-0.05, 0) is 57.5 Å². The number of thiophene rings is 1. The van der Waals surface area contributed by atoms with Gasteiger partial charge in [-0.2, -0.15) is 0 Å². The zero-order chi connectivity index (χ0) is 25.7. The lowest BCUT2D eigenvalue weighted by Gasteiger charge is -2.10. The Morgan fingerprint density at radius 1 is 1.20 bits per heavy atom. The highest BCUT2D eigenvalue weighted by molar-refractivity contribution is 7.99. The molecular weight excluding hydrogens is 490 g/mol. The van der Waals surface area contributed by atoms with Gasteiger partial charge in [0.1, 0.15) is 10.8 Å². The van der Waals surface area contributed by atoms with Crippen molar-refractivity contribution in [3.05, 3.63) is 40.3 Å². The molecule has 35 heavy (non-hydrogen) atoms. The van der Waals surface area contributed by atoms with E-state index in [9.17, 15) is 14.4 Å². The fraction of sp³-hybridized carbons (Fsp3) is 0.348. The number of benzene rings is 1. The molecule has 12 heteroatoms. The molecule has 0 fully saturated rings. The second-order valence-electron chi connectivity index (χ2n) is 7.74. The average molecular weight is 518 g/mol. The molecule has 2 aromatic heterocycles. The predicted molar refractivity (Wildman–Crippen MR) is 135 cm³/mol. The molecule has 186 valence electrons. The maximum absolute atomic E-state index is 12.7. The van der Waals surface area contributed by atoms with Gasteiger partial charge in [-0.1, -0.05) is 11.8 Å². The van der Waals surface area contributed by atoms with E-state index in [1.165, 1.54) is 11.8 Å². The Morgan fingerprint density at radius 2 is 1.89 bits per heavy atom. The van der Waals surface area contributed by atoms with Crippen LogP contribution in [0.1, 0.15) is 46.4 Å². The number of esters is 1. The molecule has 0 aliphatic heterocycles. The molecule has 0 aliphatic carbocycles. The van der Waals surface area contributed by atoms with Gasteiger partial charge < -0.3 is 25.1 Å². The van der Waals surface area contributed by atoms with Crippen molar-refractivity contribution in [2.24, 2.45) is 12.8 Å². The number of aromatic nitrogens is 3. The number of nitrogens with two attached hydrogens (primary N) is 1. The van der Waals surface area contributed by atoms with Crippen molar-refractivity contribution < 1.29 is 23.9 Å². The highest BCUT2D eigenvalue weighted by Gasteiger charge is 2.26. The summed E-state index contributed by atoms with van der Waals surface area (Å²) in [5.74, 6) is -0.258. The Morgan fingerprint density at radius 3 is 2.49 bits per heavy atom. The molecule has 10 nitrogen and oxygen atoms in total. The van der Waals surface area contributed by atoms with Crippen LogP contribution in [0.25, 0.3) is 11.4 Å². The fourth-order valence-electron chi connectivity index (χ4n) is 3.21. The van der Waals surface area contributed by atoms with Crippen molar-refractivity contribution in [2.45, 2.75) is 39.0 Å². The molecule has 0 radical (unpaired) electrons. The van der Waals surface area contributed by atoms with Gasteiger partial charge in [0.15, 0.2) is 11.0 Å². The normalized spacial score (nSPS) is 10.9. The first kappa shape index (κ1) is 26.2. The number of hydrogen-bond acceptors (Lipinski definition) is 9. The summed E-state index contributed by atoms with van der Waals surface area (Å²) in [6.07, 6.45) is -0.363.